The first-order chi connectivity index (χ1) is 27.4. The molecule has 2 N–H and O–H groups in total. The summed E-state index contributed by atoms with van der Waals surface area (Å²) in [6, 6.07) is 22.7. The Labute approximate surface area is 352 Å². The first-order valence-corrected chi connectivity index (χ1v) is 21.9. The van der Waals surface area contributed by atoms with Crippen LogP contribution in [0.25, 0.3) is 11.4 Å². The van der Waals surface area contributed by atoms with Gasteiger partial charge < -0.3 is 19.3 Å². The first kappa shape index (κ1) is 44.3. The second-order valence-corrected chi connectivity index (χ2v) is 19.0. The van der Waals surface area contributed by atoms with E-state index in [0.717, 1.165) is 10.5 Å². The lowest BCUT2D eigenvalue weighted by Gasteiger charge is -2.38. The van der Waals surface area contributed by atoms with Gasteiger partial charge in [0.1, 0.15) is 27.0 Å². The van der Waals surface area contributed by atoms with Crippen LogP contribution in [0.15, 0.2) is 94.7 Å². The number of amides is 1. The number of aromatic nitrogens is 4. The number of carboxylic acid groups (broad SMARTS) is 1. The summed E-state index contributed by atoms with van der Waals surface area (Å²) in [6.07, 6.45) is -1.24. The third-order valence-electron chi connectivity index (χ3n) is 9.18. The molecule has 1 amide bonds. The van der Waals surface area contributed by atoms with Gasteiger partial charge in [0.2, 0.25) is 20.0 Å². The Hall–Kier alpha value is -4.83. The normalized spacial score (nSPS) is 12.6. The lowest BCUT2D eigenvalue weighted by Crippen LogP contribution is -2.53. The quantitative estimate of drug-likeness (QED) is 0.106. The van der Waals surface area contributed by atoms with Gasteiger partial charge in [-0.25, -0.2) is 31.0 Å². The number of hydrogen-bond donors (Lipinski definition) is 2. The zero-order valence-corrected chi connectivity index (χ0v) is 36.9. The van der Waals surface area contributed by atoms with Crippen molar-refractivity contribution in [3.05, 3.63) is 105 Å². The minimum absolute atomic E-state index is 0.00263. The number of nitrogens with one attached hydrogen (secondary N) is 1. The van der Waals surface area contributed by atoms with Crippen molar-refractivity contribution in [2.24, 2.45) is 0 Å². The van der Waals surface area contributed by atoms with Gasteiger partial charge in [0.15, 0.2) is 5.82 Å². The maximum absolute atomic E-state index is 15.5. The molecule has 4 aromatic carbocycles. The fraction of sp³-hybridized carbons (Fsp3) is 0.333. The average molecular weight is 948 g/mol. The van der Waals surface area contributed by atoms with Crippen LogP contribution >= 0.6 is 22.6 Å². The molecule has 5 aromatic rings. The molecular formula is C39H46IN7O9S2. The van der Waals surface area contributed by atoms with E-state index >= 15 is 8.42 Å². The van der Waals surface area contributed by atoms with Crippen LogP contribution in [-0.2, 0) is 39.7 Å². The highest BCUT2D eigenvalue weighted by atomic mass is 127. The number of sulfonamides is 2. The van der Waals surface area contributed by atoms with E-state index < -0.39 is 47.5 Å². The lowest BCUT2D eigenvalue weighted by molar-refractivity contribution is 0.0767. The third-order valence-corrected chi connectivity index (χ3v) is 13.6. The number of hydrogen-bond acceptors (Lipinski definition) is 11. The second-order valence-electron chi connectivity index (χ2n) is 14.3. The smallest absolute Gasteiger partial charge is 0.408 e. The van der Waals surface area contributed by atoms with Gasteiger partial charge >= 0.3 is 6.09 Å². The molecule has 16 nitrogen and oxygen atoms in total. The highest BCUT2D eigenvalue weighted by Crippen LogP contribution is 2.38. The van der Waals surface area contributed by atoms with Gasteiger partial charge in [-0.3, -0.25) is 4.90 Å². The van der Waals surface area contributed by atoms with E-state index in [0.29, 0.717) is 31.9 Å². The fourth-order valence-electron chi connectivity index (χ4n) is 6.37. The molecule has 1 aromatic heterocycles. The Bertz CT molecular complexity index is 2370. The fourth-order valence-corrected chi connectivity index (χ4v) is 10.8. The molecule has 1 heterocycles. The molecule has 0 fully saturated rings. The largest absolute Gasteiger partial charge is 0.497 e. The van der Waals surface area contributed by atoms with Gasteiger partial charge in [-0.2, -0.15) is 4.31 Å². The SMILES string of the molecule is COc1ccc(CN(Cc2ccc(OC)cc2)S(=O)(=O)c2c(S(=O)(=O)NC[C@@H](C)N(C(=O)O)C(C)(C)C)ccc(I)c2-c2nnnn2Cc2ccc(OC)cc2)cc1. The van der Waals surface area contributed by atoms with E-state index in [-0.39, 0.29) is 37.6 Å². The van der Waals surface area contributed by atoms with Crippen LogP contribution in [-0.4, -0.2) is 96.9 Å². The van der Waals surface area contributed by atoms with E-state index in [4.69, 9.17) is 14.2 Å². The molecule has 0 aliphatic carbocycles. The van der Waals surface area contributed by atoms with Crippen molar-refractivity contribution >= 4 is 48.7 Å². The number of carbonyl (C=O) groups is 1. The van der Waals surface area contributed by atoms with E-state index in [9.17, 15) is 18.3 Å². The summed E-state index contributed by atoms with van der Waals surface area (Å²) in [4.78, 5) is 12.2. The monoisotopic (exact) mass is 947 g/mol. The summed E-state index contributed by atoms with van der Waals surface area (Å²) in [5.74, 6) is 1.77. The van der Waals surface area contributed by atoms with Crippen molar-refractivity contribution in [1.29, 1.82) is 0 Å². The predicted octanol–water partition coefficient (Wildman–Crippen LogP) is 5.86. The number of benzene rings is 4. The number of halogens is 1. The Morgan fingerprint density at radius 3 is 1.74 bits per heavy atom. The van der Waals surface area contributed by atoms with Gasteiger partial charge in [-0.15, -0.1) is 5.10 Å². The van der Waals surface area contributed by atoms with E-state index in [1.54, 1.807) is 95.5 Å². The Morgan fingerprint density at radius 2 is 1.29 bits per heavy atom. The number of tetrazole rings is 1. The van der Waals surface area contributed by atoms with Gasteiger partial charge in [0.25, 0.3) is 0 Å². The average Bonchev–Trinajstić information content (AvgIpc) is 3.64. The first-order valence-electron chi connectivity index (χ1n) is 17.9. The molecule has 0 saturated heterocycles. The molecule has 19 heteroatoms. The molecular weight excluding hydrogens is 902 g/mol. The molecule has 0 spiro atoms. The summed E-state index contributed by atoms with van der Waals surface area (Å²) in [5, 5.41) is 22.3. The van der Waals surface area contributed by atoms with Crippen molar-refractivity contribution in [1.82, 2.24) is 34.1 Å². The Balaban J connectivity index is 1.72. The predicted molar refractivity (Wildman–Crippen MR) is 225 cm³/mol. The van der Waals surface area contributed by atoms with E-state index in [2.05, 4.69) is 20.2 Å². The third kappa shape index (κ3) is 10.2. The minimum atomic E-state index is -4.80. The minimum Gasteiger partial charge on any atom is -0.497 e. The van der Waals surface area contributed by atoms with Crippen LogP contribution in [0.4, 0.5) is 4.79 Å². The molecule has 58 heavy (non-hydrogen) atoms. The molecule has 1 atom stereocenters. The highest BCUT2D eigenvalue weighted by Gasteiger charge is 2.38. The van der Waals surface area contributed by atoms with Crippen molar-refractivity contribution < 1.29 is 40.9 Å². The summed E-state index contributed by atoms with van der Waals surface area (Å²) >= 11 is 1.95. The standard InChI is InChI=1S/C39H46IN7O9S2/c1-26(47(38(48)49)39(2,3)4)22-41-57(50,51)34-21-20-33(40)35(37-42-43-44-46(37)25-29-12-18-32(56-7)19-13-29)36(34)58(52,53)45(23-27-8-14-30(54-5)15-9-27)24-28-10-16-31(55-6)17-11-28/h8-21,26,41H,22-25H2,1-7H3,(H,48,49)/t26-/m1/s1. The summed E-state index contributed by atoms with van der Waals surface area (Å²) < 4.78 is 81.5. The zero-order chi connectivity index (χ0) is 42.4. The zero-order valence-electron chi connectivity index (χ0n) is 33.1. The summed E-state index contributed by atoms with van der Waals surface area (Å²) in [6.45, 7) is 6.07. The lowest BCUT2D eigenvalue weighted by atomic mass is 10.0. The van der Waals surface area contributed by atoms with Crippen LogP contribution in [0.1, 0.15) is 44.4 Å². The molecule has 0 saturated carbocycles. The van der Waals surface area contributed by atoms with Crippen LogP contribution < -0.4 is 18.9 Å². The number of nitrogens with zero attached hydrogens (tertiary/aromatic N) is 6. The van der Waals surface area contributed by atoms with Gasteiger partial charge in [-0.1, -0.05) is 36.4 Å². The van der Waals surface area contributed by atoms with Crippen molar-refractivity contribution in [3.63, 3.8) is 0 Å². The maximum atomic E-state index is 15.5. The molecule has 0 aliphatic rings. The van der Waals surface area contributed by atoms with Gasteiger partial charge in [0.05, 0.1) is 33.4 Å². The molecule has 310 valence electrons. The summed E-state index contributed by atoms with van der Waals surface area (Å²) in [5.41, 5.74) is 1.05. The Kier molecular flexibility index (Phi) is 14.0. The summed E-state index contributed by atoms with van der Waals surface area (Å²) in [7, 11) is -4.88. The molecule has 5 rings (SSSR count). The molecule has 0 radical (unpaired) electrons. The van der Waals surface area contributed by atoms with Crippen LogP contribution in [0.3, 0.4) is 0 Å². The van der Waals surface area contributed by atoms with Crippen molar-refractivity contribution in [2.75, 3.05) is 27.9 Å². The van der Waals surface area contributed by atoms with Gasteiger partial charge in [-0.05, 0) is 126 Å². The van der Waals surface area contributed by atoms with Crippen LogP contribution in [0.5, 0.6) is 17.2 Å². The van der Waals surface area contributed by atoms with Crippen LogP contribution in [0, 0.1) is 3.57 Å². The van der Waals surface area contributed by atoms with Crippen molar-refractivity contribution in [2.45, 2.75) is 68.7 Å². The van der Waals surface area contributed by atoms with Gasteiger partial charge in [0, 0.05) is 34.8 Å². The highest BCUT2D eigenvalue weighted by molar-refractivity contribution is 14.1. The molecule has 0 aliphatic heterocycles. The molecule has 0 bridgehead atoms. The topological polar surface area (TPSA) is 195 Å². The molecule has 0 unspecified atom stereocenters. The van der Waals surface area contributed by atoms with Crippen LogP contribution in [0.2, 0.25) is 0 Å². The van der Waals surface area contributed by atoms with E-state index in [1.165, 1.54) is 35.3 Å². The maximum Gasteiger partial charge on any atom is 0.408 e. The second kappa shape index (κ2) is 18.4. The van der Waals surface area contributed by atoms with E-state index in [1.807, 2.05) is 34.7 Å². The van der Waals surface area contributed by atoms with Crippen molar-refractivity contribution in [3.8, 4) is 28.6 Å². The number of methoxy groups -OCH3 is 3. The number of rotatable bonds is 17. The number of ether oxygens (including phenoxy) is 3. The Morgan fingerprint density at radius 1 is 0.810 bits per heavy atom.